The third kappa shape index (κ3) is 3.63. The molecule has 1 atom stereocenters. The standard InChI is InChI=1S/C17H19NO6S/c1-9-6-12(22-3)13(23-4)7-11(9)8-14-15(19)18(17(21)25-14)10(2)16(20)24-5/h6-8,10H,1-5H3/b14-8+/t10-/m0/s1. The Hall–Kier alpha value is -2.48. The molecule has 1 aromatic carbocycles. The number of imide groups is 1. The normalized spacial score (nSPS) is 17.0. The van der Waals surface area contributed by atoms with Crippen LogP contribution in [0.25, 0.3) is 6.08 Å². The maximum absolute atomic E-state index is 12.5. The molecule has 1 saturated heterocycles. The van der Waals surface area contributed by atoms with E-state index in [0.29, 0.717) is 17.1 Å². The summed E-state index contributed by atoms with van der Waals surface area (Å²) in [4.78, 5) is 37.4. The Morgan fingerprint density at radius 2 is 1.76 bits per heavy atom. The number of esters is 1. The van der Waals surface area contributed by atoms with Crippen LogP contribution in [-0.4, -0.2) is 49.4 Å². The van der Waals surface area contributed by atoms with E-state index in [4.69, 9.17) is 9.47 Å². The molecule has 1 aromatic rings. The van der Waals surface area contributed by atoms with Gasteiger partial charge in [-0.25, -0.2) is 4.79 Å². The number of aryl methyl sites for hydroxylation is 1. The minimum atomic E-state index is -0.977. The van der Waals surface area contributed by atoms with Crippen molar-refractivity contribution in [2.24, 2.45) is 0 Å². The first-order valence-electron chi connectivity index (χ1n) is 7.41. The molecule has 2 amide bonds. The van der Waals surface area contributed by atoms with E-state index in [1.54, 1.807) is 18.2 Å². The monoisotopic (exact) mass is 365 g/mol. The van der Waals surface area contributed by atoms with Gasteiger partial charge >= 0.3 is 5.97 Å². The summed E-state index contributed by atoms with van der Waals surface area (Å²) in [6.07, 6.45) is 1.60. The summed E-state index contributed by atoms with van der Waals surface area (Å²) in [6, 6.07) is 2.53. The van der Waals surface area contributed by atoms with Crippen LogP contribution < -0.4 is 9.47 Å². The Morgan fingerprint density at radius 1 is 1.16 bits per heavy atom. The van der Waals surface area contributed by atoms with Crippen LogP contribution in [0.15, 0.2) is 17.0 Å². The molecule has 1 heterocycles. The van der Waals surface area contributed by atoms with Crippen LogP contribution >= 0.6 is 11.8 Å². The van der Waals surface area contributed by atoms with Crippen LogP contribution in [0.1, 0.15) is 18.1 Å². The molecule has 0 unspecified atom stereocenters. The second-order valence-corrected chi connectivity index (χ2v) is 6.31. The molecule has 25 heavy (non-hydrogen) atoms. The number of carbonyl (C=O) groups excluding carboxylic acids is 3. The smallest absolute Gasteiger partial charge is 0.328 e. The van der Waals surface area contributed by atoms with E-state index < -0.39 is 23.2 Å². The molecule has 0 radical (unpaired) electrons. The second kappa shape index (κ2) is 7.60. The maximum Gasteiger partial charge on any atom is 0.328 e. The quantitative estimate of drug-likeness (QED) is 0.586. The maximum atomic E-state index is 12.5. The molecule has 134 valence electrons. The predicted octanol–water partition coefficient (Wildman–Crippen LogP) is 2.61. The van der Waals surface area contributed by atoms with Crippen molar-refractivity contribution in [3.63, 3.8) is 0 Å². The van der Waals surface area contributed by atoms with Crippen LogP contribution in [0.2, 0.25) is 0 Å². The van der Waals surface area contributed by atoms with Gasteiger partial charge in [-0.1, -0.05) is 0 Å². The molecular formula is C17H19NO6S. The highest BCUT2D eigenvalue weighted by molar-refractivity contribution is 8.18. The van der Waals surface area contributed by atoms with Gasteiger partial charge in [-0.3, -0.25) is 14.5 Å². The second-order valence-electron chi connectivity index (χ2n) is 5.31. The highest BCUT2D eigenvalue weighted by Crippen LogP contribution is 2.36. The van der Waals surface area contributed by atoms with E-state index in [0.717, 1.165) is 22.2 Å². The lowest BCUT2D eigenvalue weighted by atomic mass is 10.1. The first kappa shape index (κ1) is 18.9. The molecule has 1 fully saturated rings. The molecule has 7 nitrogen and oxygen atoms in total. The molecule has 8 heteroatoms. The fraction of sp³-hybridized carbons (Fsp3) is 0.353. The number of carbonyl (C=O) groups is 3. The zero-order valence-corrected chi connectivity index (χ0v) is 15.4. The lowest BCUT2D eigenvalue weighted by Gasteiger charge is -2.18. The molecule has 1 aliphatic heterocycles. The van der Waals surface area contributed by atoms with Gasteiger partial charge in [0.25, 0.3) is 11.1 Å². The van der Waals surface area contributed by atoms with Gasteiger partial charge in [0.2, 0.25) is 0 Å². The van der Waals surface area contributed by atoms with Gasteiger partial charge in [-0.05, 0) is 54.9 Å². The topological polar surface area (TPSA) is 82.1 Å². The van der Waals surface area contributed by atoms with E-state index in [2.05, 4.69) is 4.74 Å². The molecule has 0 aliphatic carbocycles. The first-order chi connectivity index (χ1) is 11.8. The van der Waals surface area contributed by atoms with Crippen molar-refractivity contribution in [3.05, 3.63) is 28.2 Å². The number of methoxy groups -OCH3 is 3. The van der Waals surface area contributed by atoms with Crippen LogP contribution in [-0.2, 0) is 14.3 Å². The van der Waals surface area contributed by atoms with Crippen molar-refractivity contribution in [2.75, 3.05) is 21.3 Å². The molecule has 0 saturated carbocycles. The van der Waals surface area contributed by atoms with Gasteiger partial charge in [0.05, 0.1) is 26.2 Å². The summed E-state index contributed by atoms with van der Waals surface area (Å²) in [5, 5.41) is -0.507. The summed E-state index contributed by atoms with van der Waals surface area (Å²) < 4.78 is 15.1. The zero-order valence-electron chi connectivity index (χ0n) is 14.6. The Labute approximate surface area is 149 Å². The van der Waals surface area contributed by atoms with Gasteiger partial charge in [0, 0.05) is 0 Å². The fourth-order valence-electron chi connectivity index (χ4n) is 2.38. The lowest BCUT2D eigenvalue weighted by Crippen LogP contribution is -2.42. The molecule has 1 aliphatic rings. The number of ether oxygens (including phenoxy) is 3. The Bertz CT molecular complexity index is 758. The predicted molar refractivity (Wildman–Crippen MR) is 93.6 cm³/mol. The Morgan fingerprint density at radius 3 is 2.32 bits per heavy atom. The van der Waals surface area contributed by atoms with E-state index in [1.807, 2.05) is 6.92 Å². The Kier molecular flexibility index (Phi) is 5.73. The van der Waals surface area contributed by atoms with E-state index in [1.165, 1.54) is 28.3 Å². The van der Waals surface area contributed by atoms with Crippen molar-refractivity contribution in [2.45, 2.75) is 19.9 Å². The molecule has 0 N–H and O–H groups in total. The highest BCUT2D eigenvalue weighted by Gasteiger charge is 2.41. The first-order valence-corrected chi connectivity index (χ1v) is 8.23. The summed E-state index contributed by atoms with van der Waals surface area (Å²) in [7, 11) is 4.26. The summed E-state index contributed by atoms with van der Waals surface area (Å²) in [5.41, 5.74) is 1.57. The van der Waals surface area contributed by atoms with E-state index in [-0.39, 0.29) is 4.91 Å². The number of hydrogen-bond donors (Lipinski definition) is 0. The highest BCUT2D eigenvalue weighted by atomic mass is 32.2. The fourth-order valence-corrected chi connectivity index (χ4v) is 3.28. The number of benzene rings is 1. The van der Waals surface area contributed by atoms with Crippen molar-refractivity contribution < 1.29 is 28.6 Å². The van der Waals surface area contributed by atoms with Crippen LogP contribution in [0, 0.1) is 6.92 Å². The molecule has 0 aromatic heterocycles. The molecule has 0 bridgehead atoms. The molecular weight excluding hydrogens is 346 g/mol. The number of rotatable bonds is 5. The van der Waals surface area contributed by atoms with Gasteiger partial charge < -0.3 is 14.2 Å². The van der Waals surface area contributed by atoms with Crippen molar-refractivity contribution in [3.8, 4) is 11.5 Å². The SMILES string of the molecule is COC(=O)[C@H](C)N1C(=O)S/C(=C/c2cc(OC)c(OC)cc2C)C1=O. The summed E-state index contributed by atoms with van der Waals surface area (Å²) >= 11 is 0.784. The van der Waals surface area contributed by atoms with Gasteiger partial charge in [0.1, 0.15) is 6.04 Å². The van der Waals surface area contributed by atoms with E-state index >= 15 is 0 Å². The van der Waals surface area contributed by atoms with Crippen LogP contribution in [0.5, 0.6) is 11.5 Å². The number of hydrogen-bond acceptors (Lipinski definition) is 7. The summed E-state index contributed by atoms with van der Waals surface area (Å²) in [5.74, 6) is -0.0843. The van der Waals surface area contributed by atoms with Crippen molar-refractivity contribution in [1.29, 1.82) is 0 Å². The zero-order chi connectivity index (χ0) is 18.7. The number of amides is 2. The molecule has 0 spiro atoms. The minimum Gasteiger partial charge on any atom is -0.493 e. The number of nitrogens with zero attached hydrogens (tertiary/aromatic N) is 1. The average Bonchev–Trinajstić information content (AvgIpc) is 2.88. The van der Waals surface area contributed by atoms with E-state index in [9.17, 15) is 14.4 Å². The van der Waals surface area contributed by atoms with Crippen LogP contribution in [0.3, 0.4) is 0 Å². The minimum absolute atomic E-state index is 0.232. The van der Waals surface area contributed by atoms with Crippen molar-refractivity contribution in [1.82, 2.24) is 4.90 Å². The third-order valence-electron chi connectivity index (χ3n) is 3.81. The third-order valence-corrected chi connectivity index (χ3v) is 4.70. The van der Waals surface area contributed by atoms with Crippen LogP contribution in [0.4, 0.5) is 4.79 Å². The number of thioether (sulfide) groups is 1. The van der Waals surface area contributed by atoms with Crippen molar-refractivity contribution >= 4 is 35.0 Å². The Balaban J connectivity index is 2.38. The lowest BCUT2D eigenvalue weighted by molar-refractivity contribution is -0.148. The largest absolute Gasteiger partial charge is 0.493 e. The average molecular weight is 365 g/mol. The van der Waals surface area contributed by atoms with Gasteiger partial charge in [-0.15, -0.1) is 0 Å². The molecule has 2 rings (SSSR count). The van der Waals surface area contributed by atoms with Gasteiger partial charge in [-0.2, -0.15) is 0 Å². The van der Waals surface area contributed by atoms with Gasteiger partial charge in [0.15, 0.2) is 11.5 Å². The summed E-state index contributed by atoms with van der Waals surface area (Å²) in [6.45, 7) is 3.31.